The third-order valence-electron chi connectivity index (χ3n) is 2.30. The van der Waals surface area contributed by atoms with Crippen molar-refractivity contribution >= 4 is 11.8 Å². The highest BCUT2D eigenvalue weighted by Crippen LogP contribution is 2.25. The van der Waals surface area contributed by atoms with E-state index in [9.17, 15) is 0 Å². The molecular weight excluding hydrogens is 236 g/mol. The Hall–Kier alpha value is -1.40. The second kappa shape index (κ2) is 5.29. The van der Waals surface area contributed by atoms with Gasteiger partial charge in [0.15, 0.2) is 5.16 Å². The molecule has 6 heteroatoms. The third-order valence-corrected chi connectivity index (χ3v) is 3.04. The minimum absolute atomic E-state index is 0.576. The summed E-state index contributed by atoms with van der Waals surface area (Å²) in [5.41, 5.74) is 7.39. The van der Waals surface area contributed by atoms with Crippen molar-refractivity contribution in [2.75, 3.05) is 6.54 Å². The summed E-state index contributed by atoms with van der Waals surface area (Å²) in [6.45, 7) is 4.40. The summed E-state index contributed by atoms with van der Waals surface area (Å²) in [5.74, 6) is 0.826. The first-order chi connectivity index (χ1) is 8.19. The molecule has 0 unspecified atom stereocenters. The Morgan fingerprint density at radius 1 is 1.29 bits per heavy atom. The van der Waals surface area contributed by atoms with Crippen LogP contribution in [0.1, 0.15) is 17.0 Å². The Kier molecular flexibility index (Phi) is 3.75. The molecule has 2 aromatic heterocycles. The van der Waals surface area contributed by atoms with Crippen LogP contribution in [0.5, 0.6) is 0 Å². The zero-order chi connectivity index (χ0) is 12.3. The summed E-state index contributed by atoms with van der Waals surface area (Å²) in [6.07, 6.45) is 4.36. The van der Waals surface area contributed by atoms with Gasteiger partial charge in [0, 0.05) is 24.2 Å². The maximum absolute atomic E-state index is 5.46. The Bertz CT molecular complexity index is 475. The van der Waals surface area contributed by atoms with Crippen LogP contribution >= 0.6 is 11.8 Å². The number of rotatable bonds is 4. The smallest absolute Gasteiger partial charge is 0.264 e. The summed E-state index contributed by atoms with van der Waals surface area (Å²) in [4.78, 5) is 12.7. The van der Waals surface area contributed by atoms with Crippen molar-refractivity contribution in [3.8, 4) is 0 Å². The van der Waals surface area contributed by atoms with E-state index in [1.165, 1.54) is 11.8 Å². The standard InChI is InChI=1S/C11H14N4OS/c1-7-8(2)16-11(15-7)17-10-13-5-9(3-4-12)6-14-10/h5-6H,3-4,12H2,1-2H3. The lowest BCUT2D eigenvalue weighted by molar-refractivity contribution is 0.430. The molecule has 5 nitrogen and oxygen atoms in total. The Balaban J connectivity index is 2.08. The van der Waals surface area contributed by atoms with Gasteiger partial charge in [-0.3, -0.25) is 0 Å². The van der Waals surface area contributed by atoms with E-state index in [-0.39, 0.29) is 0 Å². The van der Waals surface area contributed by atoms with Crippen LogP contribution < -0.4 is 5.73 Å². The normalized spacial score (nSPS) is 10.8. The van der Waals surface area contributed by atoms with Crippen LogP contribution in [0, 0.1) is 13.8 Å². The van der Waals surface area contributed by atoms with Crippen molar-refractivity contribution < 1.29 is 4.42 Å². The largest absolute Gasteiger partial charge is 0.436 e. The maximum Gasteiger partial charge on any atom is 0.264 e. The predicted octanol–water partition coefficient (Wildman–Crippen LogP) is 1.73. The molecule has 2 rings (SSSR count). The van der Waals surface area contributed by atoms with Crippen molar-refractivity contribution in [2.24, 2.45) is 5.73 Å². The van der Waals surface area contributed by atoms with Crippen LogP contribution in [-0.4, -0.2) is 21.5 Å². The fourth-order valence-corrected chi connectivity index (χ4v) is 1.97. The molecule has 90 valence electrons. The van der Waals surface area contributed by atoms with Crippen LogP contribution in [0.2, 0.25) is 0 Å². The maximum atomic E-state index is 5.46. The number of nitrogens with zero attached hydrogens (tertiary/aromatic N) is 3. The fraction of sp³-hybridized carbons (Fsp3) is 0.364. The first kappa shape index (κ1) is 12.1. The SMILES string of the molecule is Cc1nc(Sc2ncc(CCN)cn2)oc1C. The predicted molar refractivity (Wildman–Crippen MR) is 64.9 cm³/mol. The Morgan fingerprint density at radius 3 is 2.53 bits per heavy atom. The lowest BCUT2D eigenvalue weighted by atomic mass is 10.2. The van der Waals surface area contributed by atoms with E-state index in [0.717, 1.165) is 23.4 Å². The van der Waals surface area contributed by atoms with E-state index in [1.54, 1.807) is 12.4 Å². The van der Waals surface area contributed by atoms with Crippen molar-refractivity contribution in [1.82, 2.24) is 15.0 Å². The summed E-state index contributed by atoms with van der Waals surface area (Å²) < 4.78 is 5.45. The van der Waals surface area contributed by atoms with E-state index in [2.05, 4.69) is 15.0 Å². The molecule has 0 aliphatic rings. The molecule has 0 aromatic carbocycles. The summed E-state index contributed by atoms with van der Waals surface area (Å²) in [5, 5.41) is 1.21. The molecule has 0 atom stereocenters. The second-order valence-electron chi connectivity index (χ2n) is 3.64. The van der Waals surface area contributed by atoms with Gasteiger partial charge in [-0.2, -0.15) is 0 Å². The lowest BCUT2D eigenvalue weighted by Gasteiger charge is -1.98. The topological polar surface area (TPSA) is 77.8 Å². The zero-order valence-corrected chi connectivity index (χ0v) is 10.6. The van der Waals surface area contributed by atoms with Crippen LogP contribution in [0.3, 0.4) is 0 Å². The zero-order valence-electron chi connectivity index (χ0n) is 9.80. The van der Waals surface area contributed by atoms with Gasteiger partial charge in [0.25, 0.3) is 5.22 Å². The second-order valence-corrected chi connectivity index (χ2v) is 4.55. The number of hydrogen-bond donors (Lipinski definition) is 1. The monoisotopic (exact) mass is 250 g/mol. The molecule has 2 N–H and O–H groups in total. The number of oxazole rings is 1. The number of nitrogens with two attached hydrogens (primary N) is 1. The van der Waals surface area contributed by atoms with Gasteiger partial charge in [-0.15, -0.1) is 0 Å². The summed E-state index contributed by atoms with van der Waals surface area (Å²) >= 11 is 1.32. The minimum Gasteiger partial charge on any atom is -0.436 e. The van der Waals surface area contributed by atoms with Crippen LogP contribution in [0.25, 0.3) is 0 Å². The molecule has 0 radical (unpaired) electrons. The quantitative estimate of drug-likeness (QED) is 0.833. The molecule has 0 saturated carbocycles. The highest BCUT2D eigenvalue weighted by atomic mass is 32.2. The number of hydrogen-bond acceptors (Lipinski definition) is 6. The molecule has 0 fully saturated rings. The van der Waals surface area contributed by atoms with Crippen LogP contribution in [0.15, 0.2) is 27.2 Å². The molecule has 0 aliphatic carbocycles. The molecule has 0 amide bonds. The van der Waals surface area contributed by atoms with E-state index >= 15 is 0 Å². The average molecular weight is 250 g/mol. The number of aromatic nitrogens is 3. The first-order valence-corrected chi connectivity index (χ1v) is 6.13. The van der Waals surface area contributed by atoms with Gasteiger partial charge >= 0.3 is 0 Å². The molecule has 2 heterocycles. The van der Waals surface area contributed by atoms with Gasteiger partial charge in [0.1, 0.15) is 5.76 Å². The van der Waals surface area contributed by atoms with Gasteiger partial charge in [0.2, 0.25) is 0 Å². The lowest BCUT2D eigenvalue weighted by Crippen LogP contribution is -2.03. The first-order valence-electron chi connectivity index (χ1n) is 5.32. The van der Waals surface area contributed by atoms with E-state index in [4.69, 9.17) is 10.2 Å². The number of aryl methyl sites for hydroxylation is 2. The molecule has 0 bridgehead atoms. The summed E-state index contributed by atoms with van der Waals surface area (Å²) in [7, 11) is 0. The van der Waals surface area contributed by atoms with E-state index in [0.29, 0.717) is 16.9 Å². The molecule has 0 spiro atoms. The molecular formula is C11H14N4OS. The summed E-state index contributed by atoms with van der Waals surface area (Å²) in [6, 6.07) is 0. The van der Waals surface area contributed by atoms with E-state index < -0.39 is 0 Å². The molecule has 0 saturated heterocycles. The van der Waals surface area contributed by atoms with Gasteiger partial charge < -0.3 is 10.2 Å². The highest BCUT2D eigenvalue weighted by Gasteiger charge is 2.09. The van der Waals surface area contributed by atoms with Crippen molar-refractivity contribution in [3.63, 3.8) is 0 Å². The van der Waals surface area contributed by atoms with Gasteiger partial charge in [-0.25, -0.2) is 15.0 Å². The highest BCUT2D eigenvalue weighted by molar-refractivity contribution is 7.98. The van der Waals surface area contributed by atoms with E-state index in [1.807, 2.05) is 13.8 Å². The Morgan fingerprint density at radius 2 is 2.00 bits per heavy atom. The average Bonchev–Trinajstić information content (AvgIpc) is 2.61. The molecule has 2 aromatic rings. The fourth-order valence-electron chi connectivity index (χ4n) is 1.26. The van der Waals surface area contributed by atoms with Crippen molar-refractivity contribution in [3.05, 3.63) is 29.4 Å². The third kappa shape index (κ3) is 3.04. The van der Waals surface area contributed by atoms with Gasteiger partial charge in [-0.05, 0) is 32.4 Å². The molecule has 17 heavy (non-hydrogen) atoms. The van der Waals surface area contributed by atoms with Crippen LogP contribution in [-0.2, 0) is 6.42 Å². The van der Waals surface area contributed by atoms with Gasteiger partial charge in [-0.1, -0.05) is 0 Å². The van der Waals surface area contributed by atoms with Crippen molar-refractivity contribution in [1.29, 1.82) is 0 Å². The van der Waals surface area contributed by atoms with Crippen LogP contribution in [0.4, 0.5) is 0 Å². The van der Waals surface area contributed by atoms with Gasteiger partial charge in [0.05, 0.1) is 5.69 Å². The Labute approximate surface area is 104 Å². The molecule has 0 aliphatic heterocycles. The van der Waals surface area contributed by atoms with Crippen molar-refractivity contribution in [2.45, 2.75) is 30.6 Å². The minimum atomic E-state index is 0.576.